The highest BCUT2D eigenvalue weighted by Crippen LogP contribution is 2.37. The number of ether oxygens (including phenoxy) is 2. The molecule has 0 aromatic heterocycles. The minimum absolute atomic E-state index is 0.0365. The SMILES string of the molecule is COc1cc(C)c(C[NH+]2CC[NH+](CN3C(=O)[C@H]4CCCC[C@@H]4C3=O)CC2)cc1OC. The molecule has 7 heteroatoms. The number of carbonyl (C=O) groups is 2. The lowest BCUT2D eigenvalue weighted by atomic mass is 9.81. The summed E-state index contributed by atoms with van der Waals surface area (Å²) in [6.07, 6.45) is 3.95. The number of hydrogen-bond donors (Lipinski definition) is 2. The summed E-state index contributed by atoms with van der Waals surface area (Å²) in [5.41, 5.74) is 2.49. The predicted octanol–water partition coefficient (Wildman–Crippen LogP) is -0.572. The van der Waals surface area contributed by atoms with E-state index in [9.17, 15) is 9.59 Å². The number of imide groups is 1. The van der Waals surface area contributed by atoms with Crippen molar-refractivity contribution >= 4 is 11.8 Å². The van der Waals surface area contributed by atoms with Crippen LogP contribution in [0.4, 0.5) is 0 Å². The Morgan fingerprint density at radius 2 is 1.43 bits per heavy atom. The molecular formula is C23H35N3O4+2. The summed E-state index contributed by atoms with van der Waals surface area (Å²) < 4.78 is 10.9. The van der Waals surface area contributed by atoms with E-state index >= 15 is 0 Å². The minimum Gasteiger partial charge on any atom is -0.493 e. The zero-order valence-electron chi connectivity index (χ0n) is 18.5. The highest BCUT2D eigenvalue weighted by molar-refractivity contribution is 6.05. The molecule has 1 aromatic rings. The smallest absolute Gasteiger partial charge is 0.237 e. The Morgan fingerprint density at radius 3 is 2.00 bits per heavy atom. The van der Waals surface area contributed by atoms with E-state index in [4.69, 9.17) is 9.47 Å². The van der Waals surface area contributed by atoms with Crippen molar-refractivity contribution in [2.45, 2.75) is 39.2 Å². The van der Waals surface area contributed by atoms with Crippen molar-refractivity contribution in [2.75, 3.05) is 47.1 Å². The molecule has 164 valence electrons. The van der Waals surface area contributed by atoms with Gasteiger partial charge in [-0.05, 0) is 37.5 Å². The summed E-state index contributed by atoms with van der Waals surface area (Å²) in [7, 11) is 3.33. The molecule has 1 aliphatic carbocycles. The van der Waals surface area contributed by atoms with Crippen LogP contribution in [0.15, 0.2) is 12.1 Å². The van der Waals surface area contributed by atoms with Crippen LogP contribution in [0.2, 0.25) is 0 Å². The van der Waals surface area contributed by atoms with E-state index in [1.165, 1.54) is 20.9 Å². The highest BCUT2D eigenvalue weighted by atomic mass is 16.5. The molecule has 2 heterocycles. The van der Waals surface area contributed by atoms with Crippen molar-refractivity contribution < 1.29 is 28.9 Å². The van der Waals surface area contributed by atoms with Crippen LogP contribution >= 0.6 is 0 Å². The molecule has 0 unspecified atom stereocenters. The van der Waals surface area contributed by atoms with Crippen molar-refractivity contribution in [3.05, 3.63) is 23.3 Å². The zero-order valence-corrected chi connectivity index (χ0v) is 18.5. The second-order valence-corrected chi connectivity index (χ2v) is 9.07. The molecule has 2 atom stereocenters. The van der Waals surface area contributed by atoms with Crippen LogP contribution in [0.5, 0.6) is 11.5 Å². The van der Waals surface area contributed by atoms with Gasteiger partial charge in [-0.25, -0.2) is 4.90 Å². The fourth-order valence-corrected chi connectivity index (χ4v) is 5.38. The quantitative estimate of drug-likeness (QED) is 0.609. The van der Waals surface area contributed by atoms with Gasteiger partial charge in [-0.1, -0.05) is 12.8 Å². The van der Waals surface area contributed by atoms with Crippen LogP contribution in [0.25, 0.3) is 0 Å². The number of hydrogen-bond acceptors (Lipinski definition) is 4. The number of quaternary nitrogens is 2. The van der Waals surface area contributed by atoms with E-state index in [0.717, 1.165) is 69.9 Å². The number of methoxy groups -OCH3 is 2. The number of amides is 2. The number of rotatable bonds is 6. The summed E-state index contributed by atoms with van der Waals surface area (Å²) in [5.74, 6) is 1.65. The summed E-state index contributed by atoms with van der Waals surface area (Å²) in [6, 6.07) is 4.13. The number of fused-ring (bicyclic) bond motifs is 1. The second-order valence-electron chi connectivity index (χ2n) is 9.07. The Hall–Kier alpha value is -2.12. The van der Waals surface area contributed by atoms with Gasteiger partial charge in [0.2, 0.25) is 11.8 Å². The van der Waals surface area contributed by atoms with Crippen LogP contribution in [0, 0.1) is 18.8 Å². The van der Waals surface area contributed by atoms with Crippen LogP contribution in [0.3, 0.4) is 0 Å². The van der Waals surface area contributed by atoms with Crippen molar-refractivity contribution in [2.24, 2.45) is 11.8 Å². The van der Waals surface area contributed by atoms with Crippen molar-refractivity contribution in [1.82, 2.24) is 4.90 Å². The van der Waals surface area contributed by atoms with E-state index in [-0.39, 0.29) is 23.7 Å². The van der Waals surface area contributed by atoms with Gasteiger partial charge in [0.15, 0.2) is 18.2 Å². The van der Waals surface area contributed by atoms with Crippen LogP contribution in [-0.2, 0) is 16.1 Å². The number of piperazine rings is 1. The number of benzene rings is 1. The van der Waals surface area contributed by atoms with Gasteiger partial charge in [-0.2, -0.15) is 0 Å². The third-order valence-electron chi connectivity index (χ3n) is 7.26. The Labute approximate surface area is 178 Å². The molecule has 1 aromatic carbocycles. The largest absolute Gasteiger partial charge is 0.493 e. The maximum atomic E-state index is 12.7. The number of nitrogens with one attached hydrogen (secondary N) is 2. The fourth-order valence-electron chi connectivity index (χ4n) is 5.38. The summed E-state index contributed by atoms with van der Waals surface area (Å²) in [4.78, 5) is 30.0. The van der Waals surface area contributed by atoms with Gasteiger partial charge in [0, 0.05) is 5.56 Å². The molecule has 3 aliphatic rings. The first-order chi connectivity index (χ1) is 14.5. The Morgan fingerprint density at radius 1 is 0.900 bits per heavy atom. The fraction of sp³-hybridized carbons (Fsp3) is 0.652. The van der Waals surface area contributed by atoms with Crippen molar-refractivity contribution in [3.63, 3.8) is 0 Å². The van der Waals surface area contributed by atoms with E-state index in [1.807, 2.05) is 6.07 Å². The lowest BCUT2D eigenvalue weighted by Gasteiger charge is -2.31. The van der Waals surface area contributed by atoms with Gasteiger partial charge in [-0.15, -0.1) is 0 Å². The number of nitrogens with zero attached hydrogens (tertiary/aromatic N) is 1. The molecule has 2 saturated heterocycles. The molecule has 2 aliphatic heterocycles. The Kier molecular flexibility index (Phi) is 6.29. The molecule has 7 nitrogen and oxygen atoms in total. The van der Waals surface area contributed by atoms with E-state index in [1.54, 1.807) is 19.1 Å². The van der Waals surface area contributed by atoms with Crippen molar-refractivity contribution in [1.29, 1.82) is 0 Å². The van der Waals surface area contributed by atoms with Gasteiger partial charge in [0.25, 0.3) is 0 Å². The van der Waals surface area contributed by atoms with Gasteiger partial charge >= 0.3 is 0 Å². The standard InChI is InChI=1S/C23H33N3O4/c1-16-12-20(29-2)21(30-3)13-17(16)14-24-8-10-25(11-9-24)15-26-22(27)18-6-4-5-7-19(18)23(26)28/h12-13,18-19H,4-11,14-15H2,1-3H3/p+2/t18-,19-/m0/s1. The van der Waals surface area contributed by atoms with Crippen LogP contribution in [0.1, 0.15) is 36.8 Å². The topological polar surface area (TPSA) is 64.7 Å². The van der Waals surface area contributed by atoms with Gasteiger partial charge in [0.1, 0.15) is 32.7 Å². The summed E-state index contributed by atoms with van der Waals surface area (Å²) >= 11 is 0. The average molecular weight is 418 g/mol. The first-order valence-corrected chi connectivity index (χ1v) is 11.3. The normalized spacial score (nSPS) is 29.1. The first-order valence-electron chi connectivity index (χ1n) is 11.3. The van der Waals surface area contributed by atoms with Gasteiger partial charge < -0.3 is 19.3 Å². The van der Waals surface area contributed by atoms with Crippen LogP contribution in [-0.4, -0.2) is 63.8 Å². The molecular weight excluding hydrogens is 382 g/mol. The van der Waals surface area contributed by atoms with Crippen molar-refractivity contribution in [3.8, 4) is 11.5 Å². The van der Waals surface area contributed by atoms with Gasteiger partial charge in [-0.3, -0.25) is 9.59 Å². The number of aryl methyl sites for hydroxylation is 1. The third-order valence-corrected chi connectivity index (χ3v) is 7.26. The molecule has 2 amide bonds. The number of likely N-dealkylation sites (tertiary alicyclic amines) is 1. The van der Waals surface area contributed by atoms with E-state index in [2.05, 4.69) is 13.0 Å². The molecule has 2 N–H and O–H groups in total. The second kappa shape index (κ2) is 8.94. The maximum Gasteiger partial charge on any atom is 0.237 e. The average Bonchev–Trinajstić information content (AvgIpc) is 3.01. The van der Waals surface area contributed by atoms with E-state index in [0.29, 0.717) is 6.67 Å². The maximum absolute atomic E-state index is 12.7. The summed E-state index contributed by atoms with van der Waals surface area (Å²) in [6.45, 7) is 7.64. The molecule has 4 rings (SSSR count). The molecule has 30 heavy (non-hydrogen) atoms. The monoisotopic (exact) mass is 417 g/mol. The number of carbonyl (C=O) groups excluding carboxylic acids is 2. The molecule has 1 saturated carbocycles. The summed E-state index contributed by atoms with van der Waals surface area (Å²) in [5, 5.41) is 0. The van der Waals surface area contributed by atoms with Crippen LogP contribution < -0.4 is 19.3 Å². The van der Waals surface area contributed by atoms with E-state index < -0.39 is 0 Å². The highest BCUT2D eigenvalue weighted by Gasteiger charge is 2.49. The molecule has 0 radical (unpaired) electrons. The predicted molar refractivity (Wildman–Crippen MR) is 112 cm³/mol. The Balaban J connectivity index is 1.32. The lowest BCUT2D eigenvalue weighted by molar-refractivity contribution is -1.02. The Bertz CT molecular complexity index is 780. The first kappa shape index (κ1) is 21.1. The molecule has 0 bridgehead atoms. The molecule has 0 spiro atoms. The zero-order chi connectivity index (χ0) is 21.3. The lowest BCUT2D eigenvalue weighted by Crippen LogP contribution is -3.28. The molecule has 3 fully saturated rings. The minimum atomic E-state index is -0.0365. The van der Waals surface area contributed by atoms with Gasteiger partial charge in [0.05, 0.1) is 26.1 Å². The third kappa shape index (κ3) is 4.05.